The van der Waals surface area contributed by atoms with Crippen molar-refractivity contribution < 1.29 is 4.21 Å². The molecule has 2 N–H and O–H groups in total. The third-order valence-electron chi connectivity index (χ3n) is 4.64. The molecule has 0 amide bonds. The first kappa shape index (κ1) is 21.4. The fraction of sp³-hybridized carbons (Fsp3) is 0.944. The summed E-state index contributed by atoms with van der Waals surface area (Å²) in [6.07, 6.45) is 5.61. The Hall–Kier alpha value is -0.620. The highest BCUT2D eigenvalue weighted by atomic mass is 32.2. The third kappa shape index (κ3) is 7.97. The van der Waals surface area contributed by atoms with E-state index in [0.717, 1.165) is 70.1 Å². The number of guanidine groups is 1. The molecule has 1 rings (SSSR count). The fourth-order valence-electron chi connectivity index (χ4n) is 3.31. The SMILES string of the molecule is CCCN(CC)CCN=C(NCC)NC1CCCC(S(=O)CC)C1. The Morgan fingerprint density at radius 1 is 1.21 bits per heavy atom. The lowest BCUT2D eigenvalue weighted by Gasteiger charge is -2.30. The largest absolute Gasteiger partial charge is 0.357 e. The zero-order valence-electron chi connectivity index (χ0n) is 16.1. The van der Waals surface area contributed by atoms with Gasteiger partial charge in [-0.2, -0.15) is 0 Å². The molecule has 0 aliphatic heterocycles. The van der Waals surface area contributed by atoms with Crippen molar-refractivity contribution in [3.63, 3.8) is 0 Å². The molecular weight excluding hydrogens is 320 g/mol. The van der Waals surface area contributed by atoms with E-state index >= 15 is 0 Å². The molecule has 0 aromatic carbocycles. The second-order valence-electron chi connectivity index (χ2n) is 6.49. The molecule has 0 aromatic rings. The first-order valence-electron chi connectivity index (χ1n) is 9.78. The van der Waals surface area contributed by atoms with Crippen LogP contribution < -0.4 is 10.6 Å². The van der Waals surface area contributed by atoms with E-state index in [9.17, 15) is 4.21 Å². The summed E-state index contributed by atoms with van der Waals surface area (Å²) in [5.41, 5.74) is 0. The molecule has 24 heavy (non-hydrogen) atoms. The van der Waals surface area contributed by atoms with Gasteiger partial charge in [0.05, 0.1) is 6.54 Å². The molecule has 0 radical (unpaired) electrons. The average Bonchev–Trinajstić information content (AvgIpc) is 2.60. The van der Waals surface area contributed by atoms with Crippen molar-refractivity contribution in [3.05, 3.63) is 0 Å². The molecule has 142 valence electrons. The summed E-state index contributed by atoms with van der Waals surface area (Å²) < 4.78 is 12.1. The van der Waals surface area contributed by atoms with Crippen LogP contribution in [0.2, 0.25) is 0 Å². The maximum absolute atomic E-state index is 12.1. The van der Waals surface area contributed by atoms with Gasteiger partial charge in [-0.05, 0) is 45.7 Å². The number of aliphatic imine (C=N–C) groups is 1. The van der Waals surface area contributed by atoms with Crippen LogP contribution in [0, 0.1) is 0 Å². The maximum atomic E-state index is 12.1. The van der Waals surface area contributed by atoms with Gasteiger partial charge in [-0.25, -0.2) is 0 Å². The molecule has 6 heteroatoms. The highest BCUT2D eigenvalue weighted by Crippen LogP contribution is 2.22. The molecule has 0 spiro atoms. The summed E-state index contributed by atoms with van der Waals surface area (Å²) >= 11 is 0. The maximum Gasteiger partial charge on any atom is 0.191 e. The minimum absolute atomic E-state index is 0.351. The van der Waals surface area contributed by atoms with E-state index in [1.54, 1.807) is 0 Å². The van der Waals surface area contributed by atoms with Crippen LogP contribution >= 0.6 is 0 Å². The zero-order chi connectivity index (χ0) is 17.8. The predicted octanol–water partition coefficient (Wildman–Crippen LogP) is 2.35. The van der Waals surface area contributed by atoms with Crippen LogP contribution in [0.15, 0.2) is 4.99 Å². The Bertz CT molecular complexity index is 389. The van der Waals surface area contributed by atoms with Gasteiger partial charge < -0.3 is 15.5 Å². The van der Waals surface area contributed by atoms with Gasteiger partial charge in [-0.1, -0.05) is 27.2 Å². The Morgan fingerprint density at radius 2 is 2.00 bits per heavy atom. The molecule has 1 fully saturated rings. The number of rotatable bonds is 10. The molecule has 0 heterocycles. The summed E-state index contributed by atoms with van der Waals surface area (Å²) in [4.78, 5) is 7.18. The van der Waals surface area contributed by atoms with Crippen molar-refractivity contribution in [2.45, 2.75) is 71.1 Å². The smallest absolute Gasteiger partial charge is 0.191 e. The second-order valence-corrected chi connectivity index (χ2v) is 8.50. The lowest BCUT2D eigenvalue weighted by atomic mass is 9.95. The minimum Gasteiger partial charge on any atom is -0.357 e. The molecule has 3 unspecified atom stereocenters. The molecule has 0 aromatic heterocycles. The molecule has 1 aliphatic rings. The van der Waals surface area contributed by atoms with E-state index in [4.69, 9.17) is 4.99 Å². The van der Waals surface area contributed by atoms with Crippen LogP contribution in [0.5, 0.6) is 0 Å². The molecule has 0 bridgehead atoms. The van der Waals surface area contributed by atoms with Crippen molar-refractivity contribution in [2.75, 3.05) is 38.5 Å². The van der Waals surface area contributed by atoms with Gasteiger partial charge >= 0.3 is 0 Å². The molecule has 3 atom stereocenters. The van der Waals surface area contributed by atoms with Crippen LogP contribution in [0.25, 0.3) is 0 Å². The standard InChI is InChI=1S/C18H38N4OS/c1-5-13-22(7-3)14-12-20-18(19-6-2)21-16-10-9-11-17(15-16)24(23)8-4/h16-17H,5-15H2,1-4H3,(H2,19,20,21). The van der Waals surface area contributed by atoms with Gasteiger partial charge in [-0.15, -0.1) is 0 Å². The van der Waals surface area contributed by atoms with Gasteiger partial charge in [0, 0.05) is 40.9 Å². The van der Waals surface area contributed by atoms with Crippen molar-refractivity contribution in [3.8, 4) is 0 Å². The highest BCUT2D eigenvalue weighted by Gasteiger charge is 2.25. The van der Waals surface area contributed by atoms with E-state index < -0.39 is 10.8 Å². The van der Waals surface area contributed by atoms with Gasteiger partial charge in [0.1, 0.15) is 0 Å². The average molecular weight is 359 g/mol. The van der Waals surface area contributed by atoms with Crippen molar-refractivity contribution >= 4 is 16.8 Å². The molecular formula is C18H38N4OS. The van der Waals surface area contributed by atoms with Crippen molar-refractivity contribution in [1.82, 2.24) is 15.5 Å². The summed E-state index contributed by atoms with van der Waals surface area (Å²) in [6, 6.07) is 0.398. The van der Waals surface area contributed by atoms with E-state index in [2.05, 4.69) is 36.3 Å². The lowest BCUT2D eigenvalue weighted by Crippen LogP contribution is -2.47. The summed E-state index contributed by atoms with van der Waals surface area (Å²) in [5.74, 6) is 1.69. The predicted molar refractivity (Wildman–Crippen MR) is 106 cm³/mol. The van der Waals surface area contributed by atoms with Gasteiger partial charge in [0.2, 0.25) is 0 Å². The lowest BCUT2D eigenvalue weighted by molar-refractivity contribution is 0.297. The highest BCUT2D eigenvalue weighted by molar-refractivity contribution is 7.85. The number of nitrogens with zero attached hydrogens (tertiary/aromatic N) is 2. The normalized spacial score (nSPS) is 23.3. The Kier molecular flexibility index (Phi) is 11.3. The van der Waals surface area contributed by atoms with Gasteiger partial charge in [0.25, 0.3) is 0 Å². The van der Waals surface area contributed by atoms with Gasteiger partial charge in [0.15, 0.2) is 5.96 Å². The summed E-state index contributed by atoms with van der Waals surface area (Å²) in [5, 5.41) is 7.28. The van der Waals surface area contributed by atoms with Crippen LogP contribution in [0.4, 0.5) is 0 Å². The summed E-state index contributed by atoms with van der Waals surface area (Å²) in [6.45, 7) is 13.5. The quantitative estimate of drug-likeness (QED) is 0.465. The van der Waals surface area contributed by atoms with E-state index in [1.807, 2.05) is 6.92 Å². The third-order valence-corrected chi connectivity index (χ3v) is 6.38. The second kappa shape index (κ2) is 12.7. The molecule has 5 nitrogen and oxygen atoms in total. The van der Waals surface area contributed by atoms with Crippen molar-refractivity contribution in [2.24, 2.45) is 4.99 Å². The Morgan fingerprint density at radius 3 is 2.62 bits per heavy atom. The monoisotopic (exact) mass is 358 g/mol. The van der Waals surface area contributed by atoms with E-state index in [-0.39, 0.29) is 0 Å². The minimum atomic E-state index is -0.675. The zero-order valence-corrected chi connectivity index (χ0v) is 17.0. The van der Waals surface area contributed by atoms with Gasteiger partial charge in [-0.3, -0.25) is 9.20 Å². The summed E-state index contributed by atoms with van der Waals surface area (Å²) in [7, 11) is -0.675. The first-order chi connectivity index (χ1) is 11.6. The van der Waals surface area contributed by atoms with E-state index in [1.165, 1.54) is 6.42 Å². The van der Waals surface area contributed by atoms with Crippen LogP contribution in [-0.4, -0.2) is 64.8 Å². The topological polar surface area (TPSA) is 56.7 Å². The Balaban J connectivity index is 2.51. The first-order valence-corrected chi connectivity index (χ1v) is 11.2. The Labute approximate surface area is 151 Å². The van der Waals surface area contributed by atoms with Crippen LogP contribution in [0.3, 0.4) is 0 Å². The molecule has 1 saturated carbocycles. The molecule has 1 aliphatic carbocycles. The number of likely N-dealkylation sites (N-methyl/N-ethyl adjacent to an activating group) is 1. The van der Waals surface area contributed by atoms with Crippen LogP contribution in [0.1, 0.15) is 59.8 Å². The number of hydrogen-bond donors (Lipinski definition) is 2. The fourth-order valence-corrected chi connectivity index (χ4v) is 4.66. The molecule has 0 saturated heterocycles. The number of nitrogens with one attached hydrogen (secondary N) is 2. The number of hydrogen-bond acceptors (Lipinski definition) is 3. The van der Waals surface area contributed by atoms with Crippen LogP contribution in [-0.2, 0) is 10.8 Å². The van der Waals surface area contributed by atoms with E-state index in [0.29, 0.717) is 11.3 Å². The van der Waals surface area contributed by atoms with Crippen molar-refractivity contribution in [1.29, 1.82) is 0 Å².